The molecule has 2 rings (SSSR count). The molecule has 1 amide bonds. The Kier molecular flexibility index (Phi) is 5.75. The lowest BCUT2D eigenvalue weighted by atomic mass is 9.95. The predicted molar refractivity (Wildman–Crippen MR) is 82.2 cm³/mol. The van der Waals surface area contributed by atoms with Crippen LogP contribution in [0.4, 0.5) is 0 Å². The maximum atomic E-state index is 12.2. The second kappa shape index (κ2) is 7.56. The summed E-state index contributed by atoms with van der Waals surface area (Å²) >= 11 is 0. The molecule has 1 aliphatic heterocycles. The average Bonchev–Trinajstić information content (AvgIpc) is 2.48. The highest BCUT2D eigenvalue weighted by molar-refractivity contribution is 5.76. The van der Waals surface area contributed by atoms with Gasteiger partial charge in [-0.15, -0.1) is 0 Å². The van der Waals surface area contributed by atoms with Crippen LogP contribution in [0, 0.1) is 5.92 Å². The van der Waals surface area contributed by atoms with E-state index in [0.717, 1.165) is 38.3 Å². The van der Waals surface area contributed by atoms with Gasteiger partial charge < -0.3 is 10.2 Å². The lowest BCUT2D eigenvalue weighted by molar-refractivity contribution is -0.132. The van der Waals surface area contributed by atoms with Crippen molar-refractivity contribution in [3.63, 3.8) is 0 Å². The quantitative estimate of drug-likeness (QED) is 0.350. The second-order valence-electron chi connectivity index (χ2n) is 5.69. The molecule has 5 N–H and O–H groups in total. The summed E-state index contributed by atoms with van der Waals surface area (Å²) in [6.07, 6.45) is 7.53. The molecule has 118 valence electrons. The number of piperazine rings is 1. The molecule has 1 heterocycles. The van der Waals surface area contributed by atoms with E-state index < -0.39 is 0 Å². The van der Waals surface area contributed by atoms with Crippen LogP contribution in [-0.2, 0) is 4.79 Å². The van der Waals surface area contributed by atoms with Gasteiger partial charge in [-0.25, -0.2) is 10.9 Å². The molecule has 0 bridgehead atoms. The normalized spacial score (nSPS) is 22.4. The molecule has 2 aliphatic rings. The number of nitrogens with two attached hydrogens (primary N) is 2. The molecular formula is C14H26N6O. The van der Waals surface area contributed by atoms with Gasteiger partial charge in [-0.05, 0) is 18.4 Å². The van der Waals surface area contributed by atoms with E-state index in [4.69, 9.17) is 11.7 Å². The highest BCUT2D eigenvalue weighted by Crippen LogP contribution is 2.21. The summed E-state index contributed by atoms with van der Waals surface area (Å²) in [4.78, 5) is 14.2. The molecular weight excluding hydrogens is 268 g/mol. The number of nitrogens with zero attached hydrogens (tertiary/aromatic N) is 3. The van der Waals surface area contributed by atoms with Crippen LogP contribution in [0.15, 0.2) is 23.9 Å². The summed E-state index contributed by atoms with van der Waals surface area (Å²) in [5, 5.41) is 6.38. The molecule has 1 unspecified atom stereocenters. The van der Waals surface area contributed by atoms with E-state index in [1.165, 1.54) is 5.01 Å². The van der Waals surface area contributed by atoms with E-state index in [1.807, 2.05) is 11.0 Å². The minimum Gasteiger partial charge on any atom is -0.340 e. The first-order valence-electron chi connectivity index (χ1n) is 7.41. The third-order valence-electron chi connectivity index (χ3n) is 3.78. The van der Waals surface area contributed by atoms with Crippen molar-refractivity contribution in [3.8, 4) is 0 Å². The van der Waals surface area contributed by atoms with Crippen molar-refractivity contribution in [2.45, 2.75) is 12.8 Å². The van der Waals surface area contributed by atoms with Crippen LogP contribution in [0.25, 0.3) is 0 Å². The number of carbonyl (C=O) groups is 1. The number of nitrogens with one attached hydrogen (secondary N) is 1. The summed E-state index contributed by atoms with van der Waals surface area (Å²) < 4.78 is 0. The van der Waals surface area contributed by atoms with Gasteiger partial charge in [0.15, 0.2) is 0 Å². The predicted octanol–water partition coefficient (Wildman–Crippen LogP) is -0.793. The minimum absolute atomic E-state index is 0.245. The van der Waals surface area contributed by atoms with Gasteiger partial charge in [0.2, 0.25) is 5.91 Å². The highest BCUT2D eigenvalue weighted by Gasteiger charge is 2.20. The molecule has 0 radical (unpaired) electrons. The maximum absolute atomic E-state index is 12.2. The lowest BCUT2D eigenvalue weighted by Gasteiger charge is -2.29. The third-order valence-corrected chi connectivity index (χ3v) is 3.78. The first-order chi connectivity index (χ1) is 10.1. The number of hydrazine groups is 2. The Labute approximate surface area is 126 Å². The fourth-order valence-corrected chi connectivity index (χ4v) is 2.61. The van der Waals surface area contributed by atoms with Crippen molar-refractivity contribution >= 4 is 5.91 Å². The average molecular weight is 294 g/mol. The van der Waals surface area contributed by atoms with E-state index in [9.17, 15) is 4.79 Å². The molecule has 1 saturated heterocycles. The van der Waals surface area contributed by atoms with Crippen LogP contribution < -0.4 is 17.0 Å². The van der Waals surface area contributed by atoms with Crippen LogP contribution >= 0.6 is 0 Å². The van der Waals surface area contributed by atoms with Gasteiger partial charge in [-0.2, -0.15) is 0 Å². The van der Waals surface area contributed by atoms with E-state index in [0.29, 0.717) is 13.1 Å². The molecule has 7 nitrogen and oxygen atoms in total. The van der Waals surface area contributed by atoms with E-state index in [-0.39, 0.29) is 11.8 Å². The molecule has 0 aromatic carbocycles. The van der Waals surface area contributed by atoms with Crippen molar-refractivity contribution in [1.82, 2.24) is 20.2 Å². The van der Waals surface area contributed by atoms with E-state index in [2.05, 4.69) is 17.5 Å². The molecule has 1 aliphatic carbocycles. The lowest BCUT2D eigenvalue weighted by Crippen LogP contribution is -2.46. The van der Waals surface area contributed by atoms with Crippen molar-refractivity contribution < 1.29 is 4.79 Å². The molecule has 0 saturated carbocycles. The van der Waals surface area contributed by atoms with Crippen LogP contribution in [-0.4, -0.2) is 60.7 Å². The fraction of sp³-hybridized carbons (Fsp3) is 0.643. The van der Waals surface area contributed by atoms with Crippen molar-refractivity contribution in [2.24, 2.45) is 17.6 Å². The van der Waals surface area contributed by atoms with Crippen LogP contribution in [0.3, 0.4) is 0 Å². The van der Waals surface area contributed by atoms with Gasteiger partial charge >= 0.3 is 0 Å². The largest absolute Gasteiger partial charge is 0.340 e. The summed E-state index contributed by atoms with van der Waals surface area (Å²) in [5.74, 6) is 12.0. The highest BCUT2D eigenvalue weighted by atomic mass is 16.2. The van der Waals surface area contributed by atoms with Gasteiger partial charge in [-0.3, -0.25) is 15.6 Å². The molecule has 1 atom stereocenters. The smallest absolute Gasteiger partial charge is 0.223 e. The zero-order valence-corrected chi connectivity index (χ0v) is 12.7. The van der Waals surface area contributed by atoms with Gasteiger partial charge in [-0.1, -0.05) is 12.2 Å². The number of amides is 1. The summed E-state index contributed by atoms with van der Waals surface area (Å²) in [6, 6.07) is 0. The van der Waals surface area contributed by atoms with E-state index >= 15 is 0 Å². The standard InChI is InChI=1S/C14H26N6O/c1-18(15)11-20(16)13-4-2-12(3-5-13)10-14(21)19-8-6-17-7-9-19/h2,4-5,12,17H,3,6-11,15-16H2,1H3. The SMILES string of the molecule is CN(N)CN(N)C1=CCC(CC(=O)N2CCNCC2)C=C1. The molecule has 0 aromatic heterocycles. The molecule has 1 fully saturated rings. The fourth-order valence-electron chi connectivity index (χ4n) is 2.61. The Morgan fingerprint density at radius 1 is 1.43 bits per heavy atom. The Balaban J connectivity index is 1.79. The van der Waals surface area contributed by atoms with Crippen LogP contribution in [0.1, 0.15) is 12.8 Å². The monoisotopic (exact) mass is 294 g/mol. The Morgan fingerprint density at radius 2 is 2.14 bits per heavy atom. The first kappa shape index (κ1) is 16.0. The van der Waals surface area contributed by atoms with Gasteiger partial charge in [0.25, 0.3) is 0 Å². The molecule has 7 heteroatoms. The van der Waals surface area contributed by atoms with Crippen molar-refractivity contribution in [1.29, 1.82) is 0 Å². The van der Waals surface area contributed by atoms with Gasteiger partial charge in [0, 0.05) is 45.3 Å². The third kappa shape index (κ3) is 4.82. The van der Waals surface area contributed by atoms with Crippen molar-refractivity contribution in [2.75, 3.05) is 39.9 Å². The Morgan fingerprint density at radius 3 is 2.71 bits per heavy atom. The second-order valence-corrected chi connectivity index (χ2v) is 5.69. The van der Waals surface area contributed by atoms with Gasteiger partial charge in [0.05, 0.1) is 6.67 Å². The molecule has 0 spiro atoms. The van der Waals surface area contributed by atoms with Crippen LogP contribution in [0.5, 0.6) is 0 Å². The van der Waals surface area contributed by atoms with E-state index in [1.54, 1.807) is 12.1 Å². The molecule has 21 heavy (non-hydrogen) atoms. The number of rotatable bonds is 5. The first-order valence-corrected chi connectivity index (χ1v) is 7.41. The minimum atomic E-state index is 0.245. The zero-order valence-electron chi connectivity index (χ0n) is 12.7. The molecule has 0 aromatic rings. The Hall–Kier alpha value is -1.41. The summed E-state index contributed by atoms with van der Waals surface area (Å²) in [7, 11) is 1.77. The van der Waals surface area contributed by atoms with Crippen LogP contribution in [0.2, 0.25) is 0 Å². The van der Waals surface area contributed by atoms with Crippen molar-refractivity contribution in [3.05, 3.63) is 23.9 Å². The zero-order chi connectivity index (χ0) is 15.2. The Bertz CT molecular complexity index is 414. The summed E-state index contributed by atoms with van der Waals surface area (Å²) in [5.41, 5.74) is 0.943. The van der Waals surface area contributed by atoms with Gasteiger partial charge in [0.1, 0.15) is 0 Å². The number of hydrogen-bond donors (Lipinski definition) is 3. The maximum Gasteiger partial charge on any atom is 0.223 e. The topological polar surface area (TPSA) is 90.9 Å². The number of carbonyl (C=O) groups excluding carboxylic acids is 1. The number of allylic oxidation sites excluding steroid dienone is 3. The summed E-state index contributed by atoms with van der Waals surface area (Å²) in [6.45, 7) is 3.88. The number of hydrogen-bond acceptors (Lipinski definition) is 6.